The van der Waals surface area contributed by atoms with Gasteiger partial charge in [0.05, 0.1) is 12.4 Å². The van der Waals surface area contributed by atoms with Gasteiger partial charge in [0.15, 0.2) is 0 Å². The molecule has 2 aromatic carbocycles. The highest BCUT2D eigenvalue weighted by Crippen LogP contribution is 2.28. The minimum absolute atomic E-state index is 0.116. The van der Waals surface area contributed by atoms with Crippen LogP contribution in [0.15, 0.2) is 54.9 Å². The smallest absolute Gasteiger partial charge is 0.115 e. The lowest BCUT2D eigenvalue weighted by atomic mass is 9.99. The lowest BCUT2D eigenvalue weighted by Crippen LogP contribution is -2.36. The van der Waals surface area contributed by atoms with Crippen LogP contribution in [0.5, 0.6) is 5.75 Å². The Kier molecular flexibility index (Phi) is 4.36. The molecule has 1 saturated heterocycles. The van der Waals surface area contributed by atoms with Gasteiger partial charge >= 0.3 is 0 Å². The predicted octanol–water partition coefficient (Wildman–Crippen LogP) is 3.08. The molecule has 1 fully saturated rings. The molecule has 0 aliphatic carbocycles. The molecule has 0 amide bonds. The van der Waals surface area contributed by atoms with Gasteiger partial charge < -0.3 is 10.4 Å². The molecule has 0 bridgehead atoms. The average molecular weight is 349 g/mol. The van der Waals surface area contributed by atoms with Gasteiger partial charge in [-0.05, 0) is 47.9 Å². The number of aryl methyl sites for hydroxylation is 2. The maximum Gasteiger partial charge on any atom is 0.115 e. The molecular formula is C20H23N5O. The Bertz CT molecular complexity index is 920. The summed E-state index contributed by atoms with van der Waals surface area (Å²) in [5, 5.41) is 17.3. The molecule has 0 radical (unpaired) electrons. The fourth-order valence-corrected chi connectivity index (χ4v) is 3.37. The van der Waals surface area contributed by atoms with E-state index in [4.69, 9.17) is 0 Å². The number of phenolic OH excluding ortho intramolecular Hbond substituents is 1. The first kappa shape index (κ1) is 16.6. The molecule has 4 N–H and O–H groups in total. The van der Waals surface area contributed by atoms with E-state index in [1.165, 1.54) is 11.1 Å². The van der Waals surface area contributed by atoms with Gasteiger partial charge in [-0.25, -0.2) is 10.9 Å². The van der Waals surface area contributed by atoms with Crippen molar-refractivity contribution < 1.29 is 5.11 Å². The maximum atomic E-state index is 9.55. The van der Waals surface area contributed by atoms with Gasteiger partial charge in [-0.2, -0.15) is 5.10 Å². The van der Waals surface area contributed by atoms with Crippen LogP contribution < -0.4 is 16.2 Å². The summed E-state index contributed by atoms with van der Waals surface area (Å²) in [5.41, 5.74) is 12.3. The molecule has 4 rings (SSSR count). The predicted molar refractivity (Wildman–Crippen MR) is 103 cm³/mol. The van der Waals surface area contributed by atoms with Crippen molar-refractivity contribution in [3.8, 4) is 16.9 Å². The van der Waals surface area contributed by atoms with Crippen molar-refractivity contribution >= 4 is 5.69 Å². The molecular weight excluding hydrogens is 326 g/mol. The van der Waals surface area contributed by atoms with Gasteiger partial charge in [0.2, 0.25) is 0 Å². The van der Waals surface area contributed by atoms with E-state index in [1.807, 2.05) is 37.1 Å². The Morgan fingerprint density at radius 1 is 1.15 bits per heavy atom. The molecule has 6 nitrogen and oxygen atoms in total. The molecule has 2 atom stereocenters. The SMILES string of the molecule is Cc1cc(O)ccc1NC1CC(c2cccc(-c3cnn(C)c3)c2)NN1. The van der Waals surface area contributed by atoms with E-state index in [2.05, 4.69) is 45.5 Å². The summed E-state index contributed by atoms with van der Waals surface area (Å²) in [5.74, 6) is 0.288. The Balaban J connectivity index is 1.47. The van der Waals surface area contributed by atoms with Gasteiger partial charge in [-0.15, -0.1) is 0 Å². The number of hydrogen-bond acceptors (Lipinski definition) is 5. The molecule has 26 heavy (non-hydrogen) atoms. The highest BCUT2D eigenvalue weighted by molar-refractivity contribution is 5.62. The number of hydrogen-bond donors (Lipinski definition) is 4. The van der Waals surface area contributed by atoms with Crippen LogP contribution in [0, 0.1) is 6.92 Å². The second-order valence-corrected chi connectivity index (χ2v) is 6.80. The van der Waals surface area contributed by atoms with E-state index in [0.29, 0.717) is 0 Å². The number of aromatic hydroxyl groups is 1. The van der Waals surface area contributed by atoms with Gasteiger partial charge in [0.1, 0.15) is 5.75 Å². The van der Waals surface area contributed by atoms with Crippen LogP contribution in [-0.4, -0.2) is 21.1 Å². The summed E-state index contributed by atoms with van der Waals surface area (Å²) in [4.78, 5) is 0. The van der Waals surface area contributed by atoms with Gasteiger partial charge in [0.25, 0.3) is 0 Å². The van der Waals surface area contributed by atoms with Gasteiger partial charge in [0, 0.05) is 37.0 Å². The van der Waals surface area contributed by atoms with Gasteiger partial charge in [-0.1, -0.05) is 18.2 Å². The largest absolute Gasteiger partial charge is 0.508 e. The van der Waals surface area contributed by atoms with Crippen molar-refractivity contribution in [2.75, 3.05) is 5.32 Å². The van der Waals surface area contributed by atoms with Crippen LogP contribution in [0.1, 0.15) is 23.6 Å². The van der Waals surface area contributed by atoms with Crippen LogP contribution in [-0.2, 0) is 7.05 Å². The summed E-state index contributed by atoms with van der Waals surface area (Å²) >= 11 is 0. The molecule has 1 aliphatic rings. The highest BCUT2D eigenvalue weighted by Gasteiger charge is 2.25. The van der Waals surface area contributed by atoms with Crippen molar-refractivity contribution in [2.24, 2.45) is 7.05 Å². The normalized spacial score (nSPS) is 19.6. The van der Waals surface area contributed by atoms with E-state index in [-0.39, 0.29) is 18.0 Å². The molecule has 2 heterocycles. The third-order valence-corrected chi connectivity index (χ3v) is 4.77. The van der Waals surface area contributed by atoms with Crippen molar-refractivity contribution in [1.29, 1.82) is 0 Å². The molecule has 1 aliphatic heterocycles. The Morgan fingerprint density at radius 3 is 2.81 bits per heavy atom. The second-order valence-electron chi connectivity index (χ2n) is 6.80. The first-order chi connectivity index (χ1) is 12.6. The maximum absolute atomic E-state index is 9.55. The zero-order chi connectivity index (χ0) is 18.1. The number of aromatic nitrogens is 2. The van der Waals surface area contributed by atoms with Crippen molar-refractivity contribution in [1.82, 2.24) is 20.6 Å². The number of anilines is 1. The van der Waals surface area contributed by atoms with E-state index in [9.17, 15) is 5.11 Å². The second kappa shape index (κ2) is 6.82. The van der Waals surface area contributed by atoms with Crippen LogP contribution >= 0.6 is 0 Å². The number of nitrogens with zero attached hydrogens (tertiary/aromatic N) is 2. The monoisotopic (exact) mass is 349 g/mol. The number of benzene rings is 2. The summed E-state index contributed by atoms with van der Waals surface area (Å²) in [7, 11) is 1.93. The Hall–Kier alpha value is -2.83. The molecule has 2 unspecified atom stereocenters. The van der Waals surface area contributed by atoms with E-state index < -0.39 is 0 Å². The average Bonchev–Trinajstić information content (AvgIpc) is 3.27. The van der Waals surface area contributed by atoms with Crippen LogP contribution in [0.4, 0.5) is 5.69 Å². The van der Waals surface area contributed by atoms with Gasteiger partial charge in [-0.3, -0.25) is 4.68 Å². The summed E-state index contributed by atoms with van der Waals surface area (Å²) < 4.78 is 1.82. The molecule has 134 valence electrons. The van der Waals surface area contributed by atoms with E-state index >= 15 is 0 Å². The third-order valence-electron chi connectivity index (χ3n) is 4.77. The molecule has 0 spiro atoms. The molecule has 0 saturated carbocycles. The van der Waals surface area contributed by atoms with Crippen LogP contribution in [0.3, 0.4) is 0 Å². The molecule has 3 aromatic rings. The summed E-state index contributed by atoms with van der Waals surface area (Å²) in [6.45, 7) is 1.99. The minimum Gasteiger partial charge on any atom is -0.508 e. The Morgan fingerprint density at radius 2 is 2.04 bits per heavy atom. The number of hydrazine groups is 1. The quantitative estimate of drug-likeness (QED) is 0.545. The first-order valence-electron chi connectivity index (χ1n) is 8.75. The van der Waals surface area contributed by atoms with Crippen LogP contribution in [0.25, 0.3) is 11.1 Å². The number of rotatable bonds is 4. The Labute approximate surface area is 152 Å². The number of nitrogens with one attached hydrogen (secondary N) is 3. The lowest BCUT2D eigenvalue weighted by Gasteiger charge is -2.16. The summed E-state index contributed by atoms with van der Waals surface area (Å²) in [6, 6.07) is 14.1. The van der Waals surface area contributed by atoms with Crippen LogP contribution in [0.2, 0.25) is 0 Å². The van der Waals surface area contributed by atoms with Crippen molar-refractivity contribution in [3.63, 3.8) is 0 Å². The zero-order valence-corrected chi connectivity index (χ0v) is 14.9. The molecule has 1 aromatic heterocycles. The zero-order valence-electron chi connectivity index (χ0n) is 14.9. The summed E-state index contributed by atoms with van der Waals surface area (Å²) in [6.07, 6.45) is 4.94. The first-order valence-corrected chi connectivity index (χ1v) is 8.75. The van der Waals surface area contributed by atoms with E-state index in [0.717, 1.165) is 23.2 Å². The van der Waals surface area contributed by atoms with Crippen molar-refractivity contribution in [2.45, 2.75) is 25.6 Å². The number of phenols is 1. The minimum atomic E-state index is 0.116. The standard InChI is InChI=1S/C20H23N5O/c1-13-8-17(26)6-7-18(13)22-20-10-19(23-24-20)15-5-3-4-14(9-15)16-11-21-25(2)12-16/h3-9,11-12,19-20,22-24,26H,10H2,1-2H3. The third kappa shape index (κ3) is 3.42. The molecule has 6 heteroatoms. The topological polar surface area (TPSA) is 74.1 Å². The van der Waals surface area contributed by atoms with E-state index in [1.54, 1.807) is 12.1 Å². The van der Waals surface area contributed by atoms with Crippen molar-refractivity contribution in [3.05, 3.63) is 66.0 Å². The highest BCUT2D eigenvalue weighted by atomic mass is 16.3. The fraction of sp³-hybridized carbons (Fsp3) is 0.250. The lowest BCUT2D eigenvalue weighted by molar-refractivity contribution is 0.475. The fourth-order valence-electron chi connectivity index (χ4n) is 3.37.